The number of allylic oxidation sites excluding steroid dienone is 1. The van der Waals surface area contributed by atoms with Gasteiger partial charge in [0.1, 0.15) is 6.21 Å². The summed E-state index contributed by atoms with van der Waals surface area (Å²) in [5.41, 5.74) is 1.59. The minimum Gasteiger partial charge on any atom is -0.411 e. The number of hydrogen-bond acceptors (Lipinski definition) is 3. The Bertz CT molecular complexity index is 430. The number of alkyl halides is 1. The molecule has 2 N–H and O–H groups in total. The van der Waals surface area contributed by atoms with Crippen LogP contribution in [0.2, 0.25) is 0 Å². The number of oxime groups is 1. The van der Waals surface area contributed by atoms with E-state index in [4.69, 9.17) is 5.21 Å². The largest absolute Gasteiger partial charge is 0.411 e. The predicted octanol–water partition coefficient (Wildman–Crippen LogP) is 2.88. The van der Waals surface area contributed by atoms with E-state index in [1.807, 2.05) is 30.4 Å². The number of anilines is 1. The molecule has 90 valence electrons. The maximum Gasteiger partial charge on any atom is 0.270 e. The smallest absolute Gasteiger partial charge is 0.270 e. The number of carbonyl (C=O) groups excluding carboxylic acids is 1. The van der Waals surface area contributed by atoms with Crippen molar-refractivity contribution in [3.05, 3.63) is 35.9 Å². The molecule has 1 aromatic carbocycles. The Kier molecular flexibility index (Phi) is 6.03. The normalized spacial score (nSPS) is 11.1. The van der Waals surface area contributed by atoms with E-state index in [-0.39, 0.29) is 0 Å². The highest BCUT2D eigenvalue weighted by atomic mass is 79.9. The van der Waals surface area contributed by atoms with Crippen molar-refractivity contribution in [2.24, 2.45) is 5.16 Å². The molecular weight excluding hydrogens is 284 g/mol. The molecule has 0 unspecified atom stereocenters. The summed E-state index contributed by atoms with van der Waals surface area (Å²) in [6.07, 6.45) is 5.69. The molecule has 0 heterocycles. The standard InChI is InChI=1S/C12H13BrN2O2/c13-8-4-3-6-10-5-1-2-7-11(10)15-12(16)9-14-17/h1-3,5-7,9,17H,4,8H2,(H,15,16). The molecule has 0 spiro atoms. The van der Waals surface area contributed by atoms with E-state index >= 15 is 0 Å². The van der Waals surface area contributed by atoms with E-state index in [9.17, 15) is 4.79 Å². The third kappa shape index (κ3) is 4.82. The van der Waals surface area contributed by atoms with Gasteiger partial charge in [0.05, 0.1) is 0 Å². The second kappa shape index (κ2) is 7.62. The predicted molar refractivity (Wildman–Crippen MR) is 72.8 cm³/mol. The van der Waals surface area contributed by atoms with Gasteiger partial charge in [-0.05, 0) is 18.1 Å². The van der Waals surface area contributed by atoms with Crippen molar-refractivity contribution >= 4 is 39.8 Å². The zero-order valence-electron chi connectivity index (χ0n) is 9.14. The number of benzene rings is 1. The van der Waals surface area contributed by atoms with Crippen LogP contribution in [0.5, 0.6) is 0 Å². The lowest BCUT2D eigenvalue weighted by molar-refractivity contribution is -0.110. The van der Waals surface area contributed by atoms with E-state index in [2.05, 4.69) is 26.4 Å². The van der Waals surface area contributed by atoms with Crippen LogP contribution in [0.3, 0.4) is 0 Å². The molecule has 0 bridgehead atoms. The van der Waals surface area contributed by atoms with Crippen LogP contribution in [0.4, 0.5) is 5.69 Å². The second-order valence-corrected chi connectivity index (χ2v) is 3.99. The fraction of sp³-hybridized carbons (Fsp3) is 0.167. The van der Waals surface area contributed by atoms with Crippen LogP contribution in [-0.2, 0) is 4.79 Å². The molecule has 0 aliphatic heterocycles. The van der Waals surface area contributed by atoms with Crippen LogP contribution >= 0.6 is 15.9 Å². The molecule has 0 fully saturated rings. The zero-order chi connectivity index (χ0) is 12.5. The Morgan fingerprint density at radius 1 is 1.47 bits per heavy atom. The van der Waals surface area contributed by atoms with Crippen LogP contribution in [0.25, 0.3) is 6.08 Å². The van der Waals surface area contributed by atoms with Crippen molar-refractivity contribution in [1.29, 1.82) is 0 Å². The van der Waals surface area contributed by atoms with Gasteiger partial charge in [0.15, 0.2) is 0 Å². The van der Waals surface area contributed by atoms with E-state index < -0.39 is 5.91 Å². The highest BCUT2D eigenvalue weighted by Gasteiger charge is 2.01. The van der Waals surface area contributed by atoms with Gasteiger partial charge in [-0.1, -0.05) is 51.4 Å². The van der Waals surface area contributed by atoms with Gasteiger partial charge in [0.25, 0.3) is 5.91 Å². The Morgan fingerprint density at radius 3 is 2.94 bits per heavy atom. The van der Waals surface area contributed by atoms with Gasteiger partial charge in [-0.3, -0.25) is 4.79 Å². The number of halogens is 1. The van der Waals surface area contributed by atoms with Crippen molar-refractivity contribution in [3.63, 3.8) is 0 Å². The molecule has 1 rings (SSSR count). The molecule has 5 heteroatoms. The quantitative estimate of drug-likeness (QED) is 0.380. The van der Waals surface area contributed by atoms with Crippen LogP contribution in [-0.4, -0.2) is 22.7 Å². The van der Waals surface area contributed by atoms with Crippen LogP contribution in [0.15, 0.2) is 35.5 Å². The first-order valence-electron chi connectivity index (χ1n) is 5.08. The Hall–Kier alpha value is -1.62. The summed E-state index contributed by atoms with van der Waals surface area (Å²) in [6, 6.07) is 7.41. The topological polar surface area (TPSA) is 61.7 Å². The Morgan fingerprint density at radius 2 is 2.24 bits per heavy atom. The first-order chi connectivity index (χ1) is 8.27. The highest BCUT2D eigenvalue weighted by Crippen LogP contribution is 2.16. The molecule has 0 aromatic heterocycles. The summed E-state index contributed by atoms with van der Waals surface area (Å²) >= 11 is 3.34. The van der Waals surface area contributed by atoms with Crippen molar-refractivity contribution in [1.82, 2.24) is 0 Å². The van der Waals surface area contributed by atoms with E-state index in [0.717, 1.165) is 23.5 Å². The fourth-order valence-corrected chi connectivity index (χ4v) is 1.51. The SMILES string of the molecule is O=C(C=NO)Nc1ccccc1C=CCCBr. The van der Waals surface area contributed by atoms with E-state index in [1.165, 1.54) is 0 Å². The first kappa shape index (κ1) is 13.4. The molecule has 1 amide bonds. The average molecular weight is 297 g/mol. The van der Waals surface area contributed by atoms with Crippen molar-refractivity contribution < 1.29 is 10.0 Å². The van der Waals surface area contributed by atoms with Crippen LogP contribution in [0, 0.1) is 0 Å². The number of nitrogens with one attached hydrogen (secondary N) is 1. The number of rotatable bonds is 5. The monoisotopic (exact) mass is 296 g/mol. The summed E-state index contributed by atoms with van der Waals surface area (Å²) in [4.78, 5) is 11.2. The van der Waals surface area contributed by atoms with Crippen LogP contribution in [0.1, 0.15) is 12.0 Å². The van der Waals surface area contributed by atoms with Gasteiger partial charge in [-0.25, -0.2) is 0 Å². The number of para-hydroxylation sites is 1. The van der Waals surface area contributed by atoms with Crippen molar-refractivity contribution in [2.45, 2.75) is 6.42 Å². The fourth-order valence-electron chi connectivity index (χ4n) is 1.25. The lowest BCUT2D eigenvalue weighted by Gasteiger charge is -2.05. The van der Waals surface area contributed by atoms with Gasteiger partial charge in [0.2, 0.25) is 0 Å². The number of amides is 1. The van der Waals surface area contributed by atoms with Crippen LogP contribution < -0.4 is 5.32 Å². The Labute approximate surface area is 108 Å². The van der Waals surface area contributed by atoms with Crippen molar-refractivity contribution in [2.75, 3.05) is 10.6 Å². The molecule has 0 saturated carbocycles. The molecule has 0 atom stereocenters. The van der Waals surface area contributed by atoms with Gasteiger partial charge < -0.3 is 10.5 Å². The average Bonchev–Trinajstić information content (AvgIpc) is 2.32. The third-order valence-electron chi connectivity index (χ3n) is 1.97. The maximum absolute atomic E-state index is 11.2. The molecule has 17 heavy (non-hydrogen) atoms. The maximum atomic E-state index is 11.2. The summed E-state index contributed by atoms with van der Waals surface area (Å²) in [6.45, 7) is 0. The number of hydrogen-bond donors (Lipinski definition) is 2. The minimum atomic E-state index is -0.464. The van der Waals surface area contributed by atoms with Gasteiger partial charge in [-0.15, -0.1) is 0 Å². The zero-order valence-corrected chi connectivity index (χ0v) is 10.7. The lowest BCUT2D eigenvalue weighted by Crippen LogP contribution is -2.13. The third-order valence-corrected chi connectivity index (χ3v) is 2.42. The minimum absolute atomic E-state index is 0.464. The summed E-state index contributed by atoms with van der Waals surface area (Å²) in [5.74, 6) is -0.464. The molecular formula is C12H13BrN2O2. The van der Waals surface area contributed by atoms with Gasteiger partial charge >= 0.3 is 0 Å². The molecule has 0 radical (unpaired) electrons. The van der Waals surface area contributed by atoms with Gasteiger partial charge in [-0.2, -0.15) is 0 Å². The molecule has 0 aliphatic rings. The highest BCUT2D eigenvalue weighted by molar-refractivity contribution is 9.09. The summed E-state index contributed by atoms with van der Waals surface area (Å²) in [5, 5.41) is 14.4. The molecule has 4 nitrogen and oxygen atoms in total. The number of nitrogens with zero attached hydrogens (tertiary/aromatic N) is 1. The van der Waals surface area contributed by atoms with Gasteiger partial charge in [0, 0.05) is 11.0 Å². The van der Waals surface area contributed by atoms with Crippen molar-refractivity contribution in [3.8, 4) is 0 Å². The summed E-state index contributed by atoms with van der Waals surface area (Å²) < 4.78 is 0. The van der Waals surface area contributed by atoms with E-state index in [1.54, 1.807) is 6.07 Å². The van der Waals surface area contributed by atoms with E-state index in [0.29, 0.717) is 5.69 Å². The Balaban J connectivity index is 2.80. The molecule has 1 aromatic rings. The summed E-state index contributed by atoms with van der Waals surface area (Å²) in [7, 11) is 0. The second-order valence-electron chi connectivity index (χ2n) is 3.20. The molecule has 0 aliphatic carbocycles. The lowest BCUT2D eigenvalue weighted by atomic mass is 10.1. The number of carbonyl (C=O) groups is 1. The first-order valence-corrected chi connectivity index (χ1v) is 6.20. The molecule has 0 saturated heterocycles.